The van der Waals surface area contributed by atoms with Gasteiger partial charge in [-0.05, 0) is 38.4 Å². The molecule has 0 saturated carbocycles. The van der Waals surface area contributed by atoms with Crippen LogP contribution in [0.2, 0.25) is 0 Å². The number of carbonyl (C=O) groups excluding carboxylic acids is 1. The summed E-state index contributed by atoms with van der Waals surface area (Å²) >= 11 is 0. The Bertz CT molecular complexity index is 401. The molecule has 0 radical (unpaired) electrons. The van der Waals surface area contributed by atoms with Crippen LogP contribution in [-0.4, -0.2) is 25.6 Å². The largest absolute Gasteiger partial charge is 0.492 e. The number of para-hydroxylation sites is 2. The van der Waals surface area contributed by atoms with Crippen molar-refractivity contribution in [1.29, 1.82) is 0 Å². The summed E-state index contributed by atoms with van der Waals surface area (Å²) < 4.78 is 5.49. The predicted octanol–water partition coefficient (Wildman–Crippen LogP) is 2.02. The number of benzene rings is 1. The van der Waals surface area contributed by atoms with Gasteiger partial charge in [0, 0.05) is 6.54 Å². The molecule has 98 valence electrons. The standard InChI is InChI=1S/C14H20N2O2/c1-2-18-13-8-4-3-7-12(13)16-14(17)11-6-5-9-15-10-11/h3-4,7-8,11,15H,2,5-6,9-10H2,1H3,(H,16,17). The molecule has 1 saturated heterocycles. The number of rotatable bonds is 4. The lowest BCUT2D eigenvalue weighted by Gasteiger charge is -2.22. The minimum absolute atomic E-state index is 0.0634. The number of amides is 1. The minimum Gasteiger partial charge on any atom is -0.492 e. The second-order valence-corrected chi connectivity index (χ2v) is 4.46. The maximum absolute atomic E-state index is 12.1. The van der Waals surface area contributed by atoms with Crippen molar-refractivity contribution in [3.63, 3.8) is 0 Å². The number of nitrogens with one attached hydrogen (secondary N) is 2. The zero-order valence-corrected chi connectivity index (χ0v) is 10.7. The van der Waals surface area contributed by atoms with Crippen LogP contribution in [-0.2, 0) is 4.79 Å². The maximum atomic E-state index is 12.1. The van der Waals surface area contributed by atoms with Crippen LogP contribution in [0.15, 0.2) is 24.3 Å². The zero-order valence-electron chi connectivity index (χ0n) is 10.7. The lowest BCUT2D eigenvalue weighted by molar-refractivity contribution is -0.120. The zero-order chi connectivity index (χ0) is 12.8. The van der Waals surface area contributed by atoms with Gasteiger partial charge >= 0.3 is 0 Å². The highest BCUT2D eigenvalue weighted by Crippen LogP contribution is 2.24. The van der Waals surface area contributed by atoms with E-state index in [1.807, 2.05) is 31.2 Å². The summed E-state index contributed by atoms with van der Waals surface area (Å²) in [5.41, 5.74) is 0.759. The molecule has 1 aromatic rings. The number of anilines is 1. The van der Waals surface area contributed by atoms with E-state index >= 15 is 0 Å². The van der Waals surface area contributed by atoms with E-state index in [0.717, 1.165) is 37.4 Å². The second kappa shape index (κ2) is 6.40. The topological polar surface area (TPSA) is 50.4 Å². The molecule has 0 bridgehead atoms. The number of carbonyl (C=O) groups is 1. The van der Waals surface area contributed by atoms with Gasteiger partial charge in [-0.1, -0.05) is 12.1 Å². The monoisotopic (exact) mass is 248 g/mol. The van der Waals surface area contributed by atoms with Crippen LogP contribution in [0.4, 0.5) is 5.69 Å². The Hall–Kier alpha value is -1.55. The van der Waals surface area contributed by atoms with Gasteiger partial charge in [-0.3, -0.25) is 4.79 Å². The number of hydrogen-bond acceptors (Lipinski definition) is 3. The van der Waals surface area contributed by atoms with Crippen LogP contribution in [0.25, 0.3) is 0 Å². The quantitative estimate of drug-likeness (QED) is 0.857. The van der Waals surface area contributed by atoms with Crippen molar-refractivity contribution in [1.82, 2.24) is 5.32 Å². The SMILES string of the molecule is CCOc1ccccc1NC(=O)C1CCCNC1. The molecule has 2 N–H and O–H groups in total. The van der Waals surface area contributed by atoms with Crippen molar-refractivity contribution in [2.45, 2.75) is 19.8 Å². The van der Waals surface area contributed by atoms with Gasteiger partial charge in [0.05, 0.1) is 18.2 Å². The first-order valence-corrected chi connectivity index (χ1v) is 6.54. The first-order chi connectivity index (χ1) is 8.81. The van der Waals surface area contributed by atoms with Gasteiger partial charge in [0.15, 0.2) is 0 Å². The van der Waals surface area contributed by atoms with Gasteiger partial charge in [0.25, 0.3) is 0 Å². The number of hydrogen-bond donors (Lipinski definition) is 2. The van der Waals surface area contributed by atoms with Gasteiger partial charge in [0.2, 0.25) is 5.91 Å². The average Bonchev–Trinajstić information content (AvgIpc) is 2.42. The molecule has 0 spiro atoms. The summed E-state index contributed by atoms with van der Waals surface area (Å²) in [6.45, 7) is 4.31. The Morgan fingerprint density at radius 1 is 1.50 bits per heavy atom. The molecule has 18 heavy (non-hydrogen) atoms. The van der Waals surface area contributed by atoms with E-state index in [-0.39, 0.29) is 11.8 Å². The lowest BCUT2D eigenvalue weighted by Crippen LogP contribution is -2.37. The van der Waals surface area contributed by atoms with E-state index in [0.29, 0.717) is 6.61 Å². The Morgan fingerprint density at radius 3 is 3.06 bits per heavy atom. The van der Waals surface area contributed by atoms with Crippen LogP contribution < -0.4 is 15.4 Å². The first-order valence-electron chi connectivity index (χ1n) is 6.54. The van der Waals surface area contributed by atoms with Crippen LogP contribution in [0, 0.1) is 5.92 Å². The fraction of sp³-hybridized carbons (Fsp3) is 0.500. The third kappa shape index (κ3) is 3.23. The normalized spacial score (nSPS) is 19.3. The summed E-state index contributed by atoms with van der Waals surface area (Å²) in [5, 5.41) is 6.21. The van der Waals surface area contributed by atoms with Crippen molar-refractivity contribution in [2.24, 2.45) is 5.92 Å². The molecule has 1 unspecified atom stereocenters. The highest BCUT2D eigenvalue weighted by Gasteiger charge is 2.21. The van der Waals surface area contributed by atoms with E-state index < -0.39 is 0 Å². The Morgan fingerprint density at radius 2 is 2.33 bits per heavy atom. The van der Waals surface area contributed by atoms with Gasteiger partial charge in [0.1, 0.15) is 5.75 Å². The lowest BCUT2D eigenvalue weighted by atomic mass is 9.99. The van der Waals surface area contributed by atoms with Gasteiger partial charge < -0.3 is 15.4 Å². The van der Waals surface area contributed by atoms with Crippen molar-refractivity contribution in [2.75, 3.05) is 25.0 Å². The summed E-state index contributed by atoms with van der Waals surface area (Å²) in [6, 6.07) is 7.55. The highest BCUT2D eigenvalue weighted by atomic mass is 16.5. The molecular formula is C14H20N2O2. The number of piperidine rings is 1. The molecule has 0 aliphatic carbocycles. The highest BCUT2D eigenvalue weighted by molar-refractivity contribution is 5.94. The second-order valence-electron chi connectivity index (χ2n) is 4.46. The molecule has 1 fully saturated rings. The smallest absolute Gasteiger partial charge is 0.228 e. The molecule has 0 aromatic heterocycles. The first kappa shape index (κ1) is 12.9. The molecule has 1 aliphatic rings. The summed E-state index contributed by atoms with van der Waals surface area (Å²) in [7, 11) is 0. The van der Waals surface area contributed by atoms with Crippen molar-refractivity contribution < 1.29 is 9.53 Å². The van der Waals surface area contributed by atoms with Gasteiger partial charge in [-0.2, -0.15) is 0 Å². The molecule has 4 nitrogen and oxygen atoms in total. The third-order valence-electron chi connectivity index (χ3n) is 3.11. The molecule has 1 heterocycles. The van der Waals surface area contributed by atoms with Crippen molar-refractivity contribution in [3.8, 4) is 5.75 Å². The molecule has 1 amide bonds. The summed E-state index contributed by atoms with van der Waals surface area (Å²) in [4.78, 5) is 12.1. The molecule has 4 heteroatoms. The van der Waals surface area contributed by atoms with E-state index in [1.54, 1.807) is 0 Å². The van der Waals surface area contributed by atoms with Gasteiger partial charge in [-0.25, -0.2) is 0 Å². The Kier molecular flexibility index (Phi) is 4.59. The molecule has 1 aliphatic heterocycles. The minimum atomic E-state index is 0.0634. The fourth-order valence-corrected chi connectivity index (χ4v) is 2.16. The number of ether oxygens (including phenoxy) is 1. The van der Waals surface area contributed by atoms with Crippen molar-refractivity contribution >= 4 is 11.6 Å². The van der Waals surface area contributed by atoms with Gasteiger partial charge in [-0.15, -0.1) is 0 Å². The predicted molar refractivity (Wildman–Crippen MR) is 71.8 cm³/mol. The third-order valence-corrected chi connectivity index (χ3v) is 3.11. The molecule has 2 rings (SSSR count). The average molecular weight is 248 g/mol. The van der Waals surface area contributed by atoms with E-state index in [1.165, 1.54) is 0 Å². The summed E-state index contributed by atoms with van der Waals surface area (Å²) in [5.74, 6) is 0.875. The van der Waals surface area contributed by atoms with Crippen LogP contribution >= 0.6 is 0 Å². The molecule has 1 atom stereocenters. The van der Waals surface area contributed by atoms with Crippen LogP contribution in [0.3, 0.4) is 0 Å². The van der Waals surface area contributed by atoms with E-state index in [4.69, 9.17) is 4.74 Å². The van der Waals surface area contributed by atoms with E-state index in [2.05, 4.69) is 10.6 Å². The Labute approximate surface area is 108 Å². The van der Waals surface area contributed by atoms with Crippen LogP contribution in [0.5, 0.6) is 5.75 Å². The summed E-state index contributed by atoms with van der Waals surface area (Å²) in [6.07, 6.45) is 2.01. The Balaban J connectivity index is 2.01. The maximum Gasteiger partial charge on any atom is 0.228 e. The van der Waals surface area contributed by atoms with Crippen molar-refractivity contribution in [3.05, 3.63) is 24.3 Å². The fourth-order valence-electron chi connectivity index (χ4n) is 2.16. The van der Waals surface area contributed by atoms with E-state index in [9.17, 15) is 4.79 Å². The molecule has 1 aromatic carbocycles. The molecular weight excluding hydrogens is 228 g/mol. The van der Waals surface area contributed by atoms with Crippen LogP contribution in [0.1, 0.15) is 19.8 Å².